The van der Waals surface area contributed by atoms with Crippen molar-refractivity contribution in [3.05, 3.63) is 47.5 Å². The first-order valence-electron chi connectivity index (χ1n) is 7.42. The third-order valence-electron chi connectivity index (χ3n) is 3.77. The molecule has 0 saturated carbocycles. The Bertz CT molecular complexity index is 834. The summed E-state index contributed by atoms with van der Waals surface area (Å²) in [6, 6.07) is 10.4. The molecule has 0 fully saturated rings. The largest absolute Gasteiger partial charge is 0.482 e. The molecule has 4 rings (SSSR count). The Morgan fingerprint density at radius 3 is 2.83 bits per heavy atom. The molecular formula is C17H14N2O5. The Kier molecular flexibility index (Phi) is 3.45. The van der Waals surface area contributed by atoms with Crippen LogP contribution in [0.25, 0.3) is 0 Å². The minimum atomic E-state index is -0.226. The SMILES string of the molecule is O=C1COc2cc(C(=O)NCc3ccc4c(c3)OCO4)ccc2N1. The zero-order chi connectivity index (χ0) is 16.5. The highest BCUT2D eigenvalue weighted by molar-refractivity contribution is 5.98. The van der Waals surface area contributed by atoms with Crippen LogP contribution in [0.1, 0.15) is 15.9 Å². The van der Waals surface area contributed by atoms with Gasteiger partial charge in [0, 0.05) is 12.1 Å². The first-order valence-corrected chi connectivity index (χ1v) is 7.42. The molecular weight excluding hydrogens is 312 g/mol. The van der Waals surface area contributed by atoms with Crippen LogP contribution in [0.2, 0.25) is 0 Å². The lowest BCUT2D eigenvalue weighted by molar-refractivity contribution is -0.118. The van der Waals surface area contributed by atoms with Crippen LogP contribution < -0.4 is 24.8 Å². The van der Waals surface area contributed by atoms with Crippen molar-refractivity contribution in [3.8, 4) is 17.2 Å². The van der Waals surface area contributed by atoms with Gasteiger partial charge < -0.3 is 24.8 Å². The molecule has 24 heavy (non-hydrogen) atoms. The van der Waals surface area contributed by atoms with Crippen molar-refractivity contribution < 1.29 is 23.8 Å². The van der Waals surface area contributed by atoms with Gasteiger partial charge in [0.1, 0.15) is 5.75 Å². The molecule has 2 aliphatic heterocycles. The molecule has 0 bridgehead atoms. The van der Waals surface area contributed by atoms with Gasteiger partial charge in [-0.05, 0) is 35.9 Å². The van der Waals surface area contributed by atoms with Crippen LogP contribution >= 0.6 is 0 Å². The fourth-order valence-electron chi connectivity index (χ4n) is 2.55. The summed E-state index contributed by atoms with van der Waals surface area (Å²) < 4.78 is 15.9. The van der Waals surface area contributed by atoms with E-state index in [0.29, 0.717) is 35.0 Å². The fraction of sp³-hybridized carbons (Fsp3) is 0.176. The fourth-order valence-corrected chi connectivity index (χ4v) is 2.55. The van der Waals surface area contributed by atoms with Gasteiger partial charge >= 0.3 is 0 Å². The van der Waals surface area contributed by atoms with E-state index in [-0.39, 0.29) is 25.2 Å². The summed E-state index contributed by atoms with van der Waals surface area (Å²) in [6.45, 7) is 0.538. The predicted octanol–water partition coefficient (Wildman–Crippen LogP) is 1.68. The van der Waals surface area contributed by atoms with E-state index in [2.05, 4.69) is 10.6 Å². The topological polar surface area (TPSA) is 85.9 Å². The van der Waals surface area contributed by atoms with Gasteiger partial charge in [0.25, 0.3) is 11.8 Å². The highest BCUT2D eigenvalue weighted by Crippen LogP contribution is 2.32. The first-order chi connectivity index (χ1) is 11.7. The monoisotopic (exact) mass is 326 g/mol. The highest BCUT2D eigenvalue weighted by Gasteiger charge is 2.18. The molecule has 0 aromatic heterocycles. The molecule has 0 atom stereocenters. The van der Waals surface area contributed by atoms with Crippen molar-refractivity contribution in [2.45, 2.75) is 6.54 Å². The van der Waals surface area contributed by atoms with E-state index in [1.165, 1.54) is 0 Å². The van der Waals surface area contributed by atoms with Crippen LogP contribution in [0.15, 0.2) is 36.4 Å². The second-order valence-corrected chi connectivity index (χ2v) is 5.42. The number of hydrogen-bond donors (Lipinski definition) is 2. The maximum Gasteiger partial charge on any atom is 0.262 e. The number of benzene rings is 2. The van der Waals surface area contributed by atoms with Crippen LogP contribution in [0.5, 0.6) is 17.2 Å². The van der Waals surface area contributed by atoms with Crippen molar-refractivity contribution in [1.29, 1.82) is 0 Å². The number of carbonyl (C=O) groups excluding carboxylic acids is 2. The molecule has 2 aliphatic rings. The van der Waals surface area contributed by atoms with Crippen LogP contribution in [0.3, 0.4) is 0 Å². The van der Waals surface area contributed by atoms with Gasteiger partial charge in [-0.2, -0.15) is 0 Å². The third kappa shape index (κ3) is 2.71. The Morgan fingerprint density at radius 1 is 1.04 bits per heavy atom. The number of rotatable bonds is 3. The molecule has 7 nitrogen and oxygen atoms in total. The van der Waals surface area contributed by atoms with Crippen LogP contribution in [0, 0.1) is 0 Å². The van der Waals surface area contributed by atoms with Crippen molar-refractivity contribution in [3.63, 3.8) is 0 Å². The summed E-state index contributed by atoms with van der Waals surface area (Å²) in [5.41, 5.74) is 1.94. The van der Waals surface area contributed by atoms with Gasteiger partial charge in [0.05, 0.1) is 5.69 Å². The molecule has 122 valence electrons. The molecule has 0 spiro atoms. The van der Waals surface area contributed by atoms with Crippen molar-refractivity contribution in [2.24, 2.45) is 0 Å². The molecule has 7 heteroatoms. The number of ether oxygens (including phenoxy) is 3. The summed E-state index contributed by atoms with van der Waals surface area (Å²) in [5, 5.41) is 5.53. The molecule has 0 radical (unpaired) electrons. The van der Waals surface area contributed by atoms with E-state index in [1.807, 2.05) is 18.2 Å². The lowest BCUT2D eigenvalue weighted by Gasteiger charge is -2.18. The van der Waals surface area contributed by atoms with E-state index >= 15 is 0 Å². The second kappa shape index (κ2) is 5.77. The Labute approximate surface area is 137 Å². The summed E-state index contributed by atoms with van der Waals surface area (Å²) in [6.07, 6.45) is 0. The Hall–Kier alpha value is -3.22. The van der Waals surface area contributed by atoms with Gasteiger partial charge in [-0.1, -0.05) is 6.07 Å². The molecule has 2 N–H and O–H groups in total. The average molecular weight is 326 g/mol. The van der Waals surface area contributed by atoms with E-state index in [1.54, 1.807) is 18.2 Å². The van der Waals surface area contributed by atoms with Crippen molar-refractivity contribution >= 4 is 17.5 Å². The van der Waals surface area contributed by atoms with Gasteiger partial charge in [0.2, 0.25) is 6.79 Å². The molecule has 0 aliphatic carbocycles. The van der Waals surface area contributed by atoms with Gasteiger partial charge in [0.15, 0.2) is 18.1 Å². The van der Waals surface area contributed by atoms with E-state index in [4.69, 9.17) is 14.2 Å². The smallest absolute Gasteiger partial charge is 0.262 e. The summed E-state index contributed by atoms with van der Waals surface area (Å²) in [5.74, 6) is 1.45. The number of anilines is 1. The average Bonchev–Trinajstić information content (AvgIpc) is 3.07. The van der Waals surface area contributed by atoms with Crippen molar-refractivity contribution in [1.82, 2.24) is 5.32 Å². The predicted molar refractivity (Wildman–Crippen MR) is 84.3 cm³/mol. The standard InChI is InChI=1S/C17H14N2O5/c20-16-8-22-14-6-11(2-3-12(14)19-16)17(21)18-7-10-1-4-13-15(5-10)24-9-23-13/h1-6H,7-9H2,(H,18,21)(H,19,20). The zero-order valence-corrected chi connectivity index (χ0v) is 12.6. The molecule has 0 saturated heterocycles. The van der Waals surface area contributed by atoms with Crippen LogP contribution in [-0.2, 0) is 11.3 Å². The summed E-state index contributed by atoms with van der Waals surface area (Å²) in [7, 11) is 0. The molecule has 2 aromatic rings. The van der Waals surface area contributed by atoms with E-state index in [9.17, 15) is 9.59 Å². The number of carbonyl (C=O) groups is 2. The third-order valence-corrected chi connectivity index (χ3v) is 3.77. The Morgan fingerprint density at radius 2 is 1.92 bits per heavy atom. The number of amides is 2. The zero-order valence-electron chi connectivity index (χ0n) is 12.6. The maximum atomic E-state index is 12.3. The highest BCUT2D eigenvalue weighted by atomic mass is 16.7. The maximum absolute atomic E-state index is 12.3. The van der Waals surface area contributed by atoms with Crippen LogP contribution in [-0.4, -0.2) is 25.2 Å². The quantitative estimate of drug-likeness (QED) is 0.896. The minimum absolute atomic E-state index is 0.0464. The molecule has 2 aromatic carbocycles. The number of fused-ring (bicyclic) bond motifs is 2. The normalized spacial score (nSPS) is 14.4. The van der Waals surface area contributed by atoms with Crippen molar-refractivity contribution in [2.75, 3.05) is 18.7 Å². The van der Waals surface area contributed by atoms with Gasteiger partial charge in [-0.3, -0.25) is 9.59 Å². The van der Waals surface area contributed by atoms with Crippen LogP contribution in [0.4, 0.5) is 5.69 Å². The van der Waals surface area contributed by atoms with Gasteiger partial charge in [-0.25, -0.2) is 0 Å². The lowest BCUT2D eigenvalue weighted by atomic mass is 10.1. The number of hydrogen-bond acceptors (Lipinski definition) is 5. The van der Waals surface area contributed by atoms with E-state index in [0.717, 1.165) is 5.56 Å². The molecule has 2 heterocycles. The van der Waals surface area contributed by atoms with Gasteiger partial charge in [-0.15, -0.1) is 0 Å². The first kappa shape index (κ1) is 14.4. The molecule has 2 amide bonds. The van der Waals surface area contributed by atoms with E-state index < -0.39 is 0 Å². The minimum Gasteiger partial charge on any atom is -0.482 e. The summed E-state index contributed by atoms with van der Waals surface area (Å²) >= 11 is 0. The second-order valence-electron chi connectivity index (χ2n) is 5.42. The lowest BCUT2D eigenvalue weighted by Crippen LogP contribution is -2.26. The Balaban J connectivity index is 1.44. The summed E-state index contributed by atoms with van der Waals surface area (Å²) in [4.78, 5) is 23.5. The number of nitrogens with one attached hydrogen (secondary N) is 2. The molecule has 0 unspecified atom stereocenters.